The van der Waals surface area contributed by atoms with Crippen LogP contribution in [0, 0.1) is 0 Å². The Kier molecular flexibility index (Phi) is 7.09. The number of benzene rings is 4. The van der Waals surface area contributed by atoms with Crippen LogP contribution in [0.2, 0.25) is 0 Å². The van der Waals surface area contributed by atoms with E-state index >= 15 is 0 Å². The molecule has 4 nitrogen and oxygen atoms in total. The van der Waals surface area contributed by atoms with Crippen molar-refractivity contribution in [1.29, 1.82) is 0 Å². The summed E-state index contributed by atoms with van der Waals surface area (Å²) in [6, 6.07) is 35.0. The second-order valence-corrected chi connectivity index (χ2v) is 9.80. The Morgan fingerprint density at radius 2 is 1.30 bits per heavy atom. The van der Waals surface area contributed by atoms with Gasteiger partial charge in [0.05, 0.1) is 23.1 Å². The van der Waals surface area contributed by atoms with Gasteiger partial charge in [0, 0.05) is 10.9 Å². The Labute approximate surface area is 219 Å². The molecular formula is C33H32N4. The molecule has 0 saturated heterocycles. The molecule has 5 aromatic rings. The molecule has 0 atom stereocenters. The molecule has 0 fully saturated rings. The zero-order valence-electron chi connectivity index (χ0n) is 21.8. The van der Waals surface area contributed by atoms with Crippen molar-refractivity contribution in [2.45, 2.75) is 39.5 Å². The first kappa shape index (κ1) is 24.4. The third kappa shape index (κ3) is 5.14. The molecule has 37 heavy (non-hydrogen) atoms. The number of aliphatic imine (C=N–C) groups is 2. The van der Waals surface area contributed by atoms with Gasteiger partial charge in [-0.2, -0.15) is 5.10 Å². The molecule has 1 heterocycles. The Morgan fingerprint density at radius 1 is 0.703 bits per heavy atom. The first-order valence-electron chi connectivity index (χ1n) is 12.9. The molecule has 4 aromatic carbocycles. The predicted octanol–water partition coefficient (Wildman–Crippen LogP) is 8.66. The highest BCUT2D eigenvalue weighted by atomic mass is 15.3. The minimum atomic E-state index is 0.378. The van der Waals surface area contributed by atoms with Crippen molar-refractivity contribution in [1.82, 2.24) is 9.78 Å². The fourth-order valence-corrected chi connectivity index (χ4v) is 4.58. The van der Waals surface area contributed by atoms with E-state index in [2.05, 4.69) is 70.2 Å². The molecule has 0 aliphatic rings. The summed E-state index contributed by atoms with van der Waals surface area (Å²) in [6.45, 7) is 8.87. The van der Waals surface area contributed by atoms with Crippen LogP contribution in [0.3, 0.4) is 0 Å². The van der Waals surface area contributed by atoms with Crippen molar-refractivity contribution >= 4 is 34.3 Å². The van der Waals surface area contributed by atoms with Gasteiger partial charge >= 0.3 is 0 Å². The van der Waals surface area contributed by atoms with E-state index < -0.39 is 0 Å². The zero-order chi connectivity index (χ0) is 25.8. The van der Waals surface area contributed by atoms with Gasteiger partial charge in [-0.25, -0.2) is 9.67 Å². The highest BCUT2D eigenvalue weighted by Gasteiger charge is 2.17. The van der Waals surface area contributed by atoms with E-state index in [0.717, 1.165) is 39.4 Å². The van der Waals surface area contributed by atoms with E-state index in [-0.39, 0.29) is 0 Å². The summed E-state index contributed by atoms with van der Waals surface area (Å²) in [6.07, 6.45) is 1.91. The maximum atomic E-state index is 5.06. The molecule has 0 aliphatic carbocycles. The van der Waals surface area contributed by atoms with Gasteiger partial charge in [0.15, 0.2) is 5.84 Å². The average molecular weight is 485 g/mol. The Bertz CT molecular complexity index is 1530. The van der Waals surface area contributed by atoms with Crippen LogP contribution in [-0.2, 0) is 0 Å². The topological polar surface area (TPSA) is 42.5 Å². The normalized spacial score (nSPS) is 12.3. The molecular weight excluding hydrogens is 452 g/mol. The molecule has 4 heteroatoms. The van der Waals surface area contributed by atoms with E-state index in [1.807, 2.05) is 71.6 Å². The van der Waals surface area contributed by atoms with Crippen molar-refractivity contribution in [3.05, 3.63) is 126 Å². The lowest BCUT2D eigenvalue weighted by Crippen LogP contribution is -2.15. The number of aromatic nitrogens is 2. The fraction of sp³-hybridized carbons (Fsp3) is 0.182. The highest BCUT2D eigenvalue weighted by Crippen LogP contribution is 2.35. The average Bonchev–Trinajstić information content (AvgIpc) is 3.29. The summed E-state index contributed by atoms with van der Waals surface area (Å²) < 4.78 is 1.94. The summed E-state index contributed by atoms with van der Waals surface area (Å²) in [7, 11) is 0. The van der Waals surface area contributed by atoms with Crippen LogP contribution in [0.5, 0.6) is 0 Å². The molecule has 0 bridgehead atoms. The van der Waals surface area contributed by atoms with Crippen LogP contribution >= 0.6 is 0 Å². The van der Waals surface area contributed by atoms with Crippen molar-refractivity contribution in [3.63, 3.8) is 0 Å². The predicted molar refractivity (Wildman–Crippen MR) is 156 cm³/mol. The van der Waals surface area contributed by atoms with E-state index in [1.54, 1.807) is 0 Å². The van der Waals surface area contributed by atoms with Gasteiger partial charge in [0.1, 0.15) is 5.69 Å². The Morgan fingerprint density at radius 3 is 1.95 bits per heavy atom. The van der Waals surface area contributed by atoms with Crippen LogP contribution in [-0.4, -0.2) is 21.8 Å². The van der Waals surface area contributed by atoms with Crippen LogP contribution in [0.25, 0.3) is 10.9 Å². The van der Waals surface area contributed by atoms with Crippen LogP contribution in [0.15, 0.2) is 113 Å². The van der Waals surface area contributed by atoms with Crippen LogP contribution in [0.1, 0.15) is 61.9 Å². The van der Waals surface area contributed by atoms with E-state index in [4.69, 9.17) is 15.1 Å². The van der Waals surface area contributed by atoms with Gasteiger partial charge in [0.2, 0.25) is 0 Å². The molecule has 0 saturated carbocycles. The van der Waals surface area contributed by atoms with E-state index in [9.17, 15) is 0 Å². The summed E-state index contributed by atoms with van der Waals surface area (Å²) in [5.41, 5.74) is 7.24. The van der Waals surface area contributed by atoms with Gasteiger partial charge < -0.3 is 0 Å². The minimum Gasteiger partial charge on any atom is -0.254 e. The lowest BCUT2D eigenvalue weighted by atomic mass is 9.93. The zero-order valence-corrected chi connectivity index (χ0v) is 21.8. The second kappa shape index (κ2) is 10.8. The molecule has 184 valence electrons. The molecule has 0 unspecified atom stereocenters. The van der Waals surface area contributed by atoms with E-state index in [0.29, 0.717) is 11.8 Å². The fourth-order valence-electron chi connectivity index (χ4n) is 4.58. The largest absolute Gasteiger partial charge is 0.254 e. The molecule has 0 spiro atoms. The number of rotatable bonds is 6. The summed E-state index contributed by atoms with van der Waals surface area (Å²) in [5, 5.41) is 6.10. The standard InChI is InChI=1S/C33H32N4/c1-23(2)27-19-13-20-28(24(3)4)32(27)34-22-30-29-18-11-12-21-31(29)37(36-30)33(25-14-7-5-8-15-25)35-26-16-9-6-10-17-26/h5-24H,1-4H3. The monoisotopic (exact) mass is 484 g/mol. The molecule has 0 amide bonds. The van der Waals surface area contributed by atoms with Crippen molar-refractivity contribution < 1.29 is 0 Å². The van der Waals surface area contributed by atoms with Gasteiger partial charge in [0.25, 0.3) is 0 Å². The smallest absolute Gasteiger partial charge is 0.161 e. The van der Waals surface area contributed by atoms with E-state index in [1.165, 1.54) is 11.1 Å². The van der Waals surface area contributed by atoms with Gasteiger partial charge in [-0.1, -0.05) is 113 Å². The van der Waals surface area contributed by atoms with Crippen molar-refractivity contribution in [2.75, 3.05) is 0 Å². The number of fused-ring (bicyclic) bond motifs is 1. The summed E-state index contributed by atoms with van der Waals surface area (Å²) in [4.78, 5) is 10.1. The highest BCUT2D eigenvalue weighted by molar-refractivity contribution is 6.08. The van der Waals surface area contributed by atoms with Gasteiger partial charge in [-0.15, -0.1) is 0 Å². The van der Waals surface area contributed by atoms with Crippen LogP contribution in [0.4, 0.5) is 11.4 Å². The minimum absolute atomic E-state index is 0.378. The Balaban J connectivity index is 1.69. The molecule has 0 radical (unpaired) electrons. The number of para-hydroxylation sites is 3. The molecule has 0 N–H and O–H groups in total. The lowest BCUT2D eigenvalue weighted by molar-refractivity contribution is 0.835. The third-order valence-electron chi connectivity index (χ3n) is 6.50. The second-order valence-electron chi connectivity index (χ2n) is 9.80. The number of nitrogens with zero attached hydrogens (tertiary/aromatic N) is 4. The van der Waals surface area contributed by atoms with Crippen molar-refractivity contribution in [3.8, 4) is 0 Å². The maximum Gasteiger partial charge on any atom is 0.161 e. The van der Waals surface area contributed by atoms with Crippen LogP contribution < -0.4 is 0 Å². The third-order valence-corrected chi connectivity index (χ3v) is 6.50. The van der Waals surface area contributed by atoms with Crippen molar-refractivity contribution in [2.24, 2.45) is 9.98 Å². The van der Waals surface area contributed by atoms with Gasteiger partial charge in [-0.3, -0.25) is 4.99 Å². The first-order chi connectivity index (χ1) is 18.0. The number of hydrogen-bond donors (Lipinski definition) is 0. The Hall–Kier alpha value is -4.31. The first-order valence-corrected chi connectivity index (χ1v) is 12.9. The molecule has 5 rings (SSSR count). The molecule has 1 aromatic heterocycles. The maximum absolute atomic E-state index is 5.06. The summed E-state index contributed by atoms with van der Waals surface area (Å²) >= 11 is 0. The molecule has 0 aliphatic heterocycles. The van der Waals surface area contributed by atoms with Gasteiger partial charge in [-0.05, 0) is 41.2 Å². The quantitative estimate of drug-likeness (QED) is 0.176. The lowest BCUT2D eigenvalue weighted by Gasteiger charge is -2.16. The number of hydrogen-bond acceptors (Lipinski definition) is 3. The summed E-state index contributed by atoms with van der Waals surface area (Å²) in [5.74, 6) is 1.53. The SMILES string of the molecule is CC(C)c1cccc(C(C)C)c1N=Cc1nn(C(=Nc2ccccc2)c2ccccc2)c2ccccc12.